The van der Waals surface area contributed by atoms with E-state index in [1.807, 2.05) is 23.6 Å². The smallest absolute Gasteiger partial charge is 0.407 e. The summed E-state index contributed by atoms with van der Waals surface area (Å²) < 4.78 is 12.0. The topological polar surface area (TPSA) is 86.6 Å². The van der Waals surface area contributed by atoms with Crippen LogP contribution in [0.3, 0.4) is 0 Å². The molecule has 1 aromatic heterocycles. The lowest BCUT2D eigenvalue weighted by Crippen LogP contribution is -2.24. The van der Waals surface area contributed by atoms with E-state index in [-0.39, 0.29) is 24.1 Å². The van der Waals surface area contributed by atoms with Crippen LogP contribution in [0.4, 0.5) is 4.79 Å². The molecule has 3 rings (SSSR count). The predicted octanol–water partition coefficient (Wildman–Crippen LogP) is 3.39. The van der Waals surface area contributed by atoms with Gasteiger partial charge in [-0.15, -0.1) is 0 Å². The highest BCUT2D eigenvalue weighted by molar-refractivity contribution is 5.94. The molecule has 158 valence electrons. The van der Waals surface area contributed by atoms with Gasteiger partial charge < -0.3 is 19.4 Å². The average molecular weight is 410 g/mol. The van der Waals surface area contributed by atoms with E-state index in [1.165, 1.54) is 0 Å². The monoisotopic (exact) mass is 410 g/mol. The van der Waals surface area contributed by atoms with Crippen LogP contribution in [0.15, 0.2) is 29.2 Å². The van der Waals surface area contributed by atoms with Gasteiger partial charge in [0.25, 0.3) is 0 Å². The molecule has 1 saturated carbocycles. The summed E-state index contributed by atoms with van der Waals surface area (Å²) in [6.07, 6.45) is 4.92. The molecule has 1 aromatic carbocycles. The van der Waals surface area contributed by atoms with E-state index < -0.39 is 12.1 Å². The number of hydrogen-bond donors (Lipinski definition) is 1. The minimum Gasteiger partial charge on any atom is -0.462 e. The molecular formula is C23H26N2O5. The van der Waals surface area contributed by atoms with Gasteiger partial charge in [-0.25, -0.2) is 9.59 Å². The highest BCUT2D eigenvalue weighted by Gasteiger charge is 2.27. The van der Waals surface area contributed by atoms with E-state index in [9.17, 15) is 14.4 Å². The van der Waals surface area contributed by atoms with E-state index in [0.717, 1.165) is 31.2 Å². The van der Waals surface area contributed by atoms with E-state index in [0.29, 0.717) is 23.6 Å². The standard InChI is InChI=1S/C23H26N2O5/c1-3-5-13-30-23(28)24-12-6-7-16-8-11-20-18(14-16)21(26)19(22(27)29-4-2)15-25(20)17-9-10-17/h8,11,14-15,17H,3-5,9-10,12-13H2,1-2H3,(H,24,28). The number of nitrogens with zero attached hydrogens (tertiary/aromatic N) is 1. The number of fused-ring (bicyclic) bond motifs is 1. The zero-order valence-corrected chi connectivity index (χ0v) is 17.3. The predicted molar refractivity (Wildman–Crippen MR) is 114 cm³/mol. The maximum atomic E-state index is 12.9. The van der Waals surface area contributed by atoms with E-state index in [1.54, 1.807) is 19.2 Å². The molecule has 0 bridgehead atoms. The summed E-state index contributed by atoms with van der Waals surface area (Å²) in [4.78, 5) is 36.7. The van der Waals surface area contributed by atoms with Crippen molar-refractivity contribution < 1.29 is 19.1 Å². The lowest BCUT2D eigenvalue weighted by Gasteiger charge is -2.12. The molecule has 0 unspecified atom stereocenters. The van der Waals surface area contributed by atoms with Crippen LogP contribution in [0.25, 0.3) is 10.9 Å². The molecule has 7 heteroatoms. The first kappa shape index (κ1) is 21.4. The Labute approximate surface area is 175 Å². The third kappa shape index (κ3) is 5.20. The van der Waals surface area contributed by atoms with Crippen molar-refractivity contribution in [3.8, 4) is 11.8 Å². The molecule has 0 spiro atoms. The summed E-state index contributed by atoms with van der Waals surface area (Å²) in [5.41, 5.74) is 1.09. The molecule has 1 amide bonds. The third-order valence-electron chi connectivity index (χ3n) is 4.75. The van der Waals surface area contributed by atoms with Crippen LogP contribution in [0, 0.1) is 11.8 Å². The molecule has 0 saturated heterocycles. The van der Waals surface area contributed by atoms with Crippen molar-refractivity contribution in [2.75, 3.05) is 19.8 Å². The first-order chi connectivity index (χ1) is 14.5. The van der Waals surface area contributed by atoms with E-state index in [2.05, 4.69) is 17.2 Å². The lowest BCUT2D eigenvalue weighted by atomic mass is 10.1. The number of carbonyl (C=O) groups excluding carboxylic acids is 2. The van der Waals surface area contributed by atoms with Crippen LogP contribution in [0.1, 0.15) is 61.5 Å². The maximum Gasteiger partial charge on any atom is 0.407 e. The Morgan fingerprint density at radius 1 is 1.23 bits per heavy atom. The molecule has 0 radical (unpaired) electrons. The Kier molecular flexibility index (Phi) is 7.12. The first-order valence-corrected chi connectivity index (χ1v) is 10.3. The Morgan fingerprint density at radius 3 is 2.73 bits per heavy atom. The third-order valence-corrected chi connectivity index (χ3v) is 4.75. The van der Waals surface area contributed by atoms with Gasteiger partial charge in [-0.2, -0.15) is 0 Å². The number of aromatic nitrogens is 1. The number of rotatable bonds is 7. The number of hydrogen-bond acceptors (Lipinski definition) is 5. The number of nitrogens with one attached hydrogen (secondary N) is 1. The summed E-state index contributed by atoms with van der Waals surface area (Å²) in [7, 11) is 0. The molecular weight excluding hydrogens is 384 g/mol. The van der Waals surface area contributed by atoms with Crippen LogP contribution in [-0.4, -0.2) is 36.4 Å². The quantitative estimate of drug-likeness (QED) is 0.430. The van der Waals surface area contributed by atoms with E-state index >= 15 is 0 Å². The molecule has 1 aliphatic carbocycles. The van der Waals surface area contributed by atoms with Gasteiger partial charge in [0, 0.05) is 23.2 Å². The fraction of sp³-hybridized carbons (Fsp3) is 0.435. The Morgan fingerprint density at radius 2 is 2.03 bits per heavy atom. The van der Waals surface area contributed by atoms with Crippen LogP contribution in [0.5, 0.6) is 0 Å². The number of carbonyl (C=O) groups is 2. The van der Waals surface area contributed by atoms with Crippen molar-refractivity contribution in [3.63, 3.8) is 0 Å². The van der Waals surface area contributed by atoms with Gasteiger partial charge in [0.05, 0.1) is 25.3 Å². The highest BCUT2D eigenvalue weighted by Crippen LogP contribution is 2.37. The Hall–Kier alpha value is -3.27. The zero-order valence-electron chi connectivity index (χ0n) is 17.3. The molecule has 0 atom stereocenters. The second-order valence-electron chi connectivity index (χ2n) is 7.11. The van der Waals surface area contributed by atoms with Crippen LogP contribution in [0.2, 0.25) is 0 Å². The summed E-state index contributed by atoms with van der Waals surface area (Å²) in [5.74, 6) is 5.18. The van der Waals surface area contributed by atoms with E-state index in [4.69, 9.17) is 9.47 Å². The first-order valence-electron chi connectivity index (χ1n) is 10.3. The number of esters is 1. The Balaban J connectivity index is 1.81. The van der Waals surface area contributed by atoms with Crippen LogP contribution >= 0.6 is 0 Å². The molecule has 1 aliphatic rings. The van der Waals surface area contributed by atoms with Crippen LogP contribution < -0.4 is 10.7 Å². The highest BCUT2D eigenvalue weighted by atomic mass is 16.5. The molecule has 1 heterocycles. The molecule has 7 nitrogen and oxygen atoms in total. The fourth-order valence-electron chi connectivity index (χ4n) is 3.07. The van der Waals surface area contributed by atoms with Crippen molar-refractivity contribution in [2.24, 2.45) is 0 Å². The van der Waals surface area contributed by atoms with Crippen molar-refractivity contribution in [1.82, 2.24) is 9.88 Å². The second kappa shape index (κ2) is 9.97. The number of pyridine rings is 1. The minimum absolute atomic E-state index is 0.0397. The van der Waals surface area contributed by atoms with Crippen molar-refractivity contribution in [3.05, 3.63) is 45.7 Å². The van der Waals surface area contributed by atoms with Gasteiger partial charge in [-0.1, -0.05) is 25.2 Å². The minimum atomic E-state index is -0.610. The summed E-state index contributed by atoms with van der Waals surface area (Å²) in [6.45, 7) is 4.46. The fourth-order valence-corrected chi connectivity index (χ4v) is 3.07. The van der Waals surface area contributed by atoms with Gasteiger partial charge in [0.2, 0.25) is 5.43 Å². The lowest BCUT2D eigenvalue weighted by molar-refractivity contribution is 0.0524. The normalized spacial score (nSPS) is 12.7. The van der Waals surface area contributed by atoms with Crippen molar-refractivity contribution in [2.45, 2.75) is 45.6 Å². The number of amides is 1. The summed E-state index contributed by atoms with van der Waals surface area (Å²) in [6, 6.07) is 5.66. The second-order valence-corrected chi connectivity index (χ2v) is 7.11. The number of alkyl carbamates (subject to hydrolysis) is 1. The van der Waals surface area contributed by atoms with Gasteiger partial charge in [-0.05, 0) is 44.4 Å². The molecule has 2 aromatic rings. The largest absolute Gasteiger partial charge is 0.462 e. The van der Waals surface area contributed by atoms with Crippen molar-refractivity contribution in [1.29, 1.82) is 0 Å². The summed E-state index contributed by atoms with van der Waals surface area (Å²) >= 11 is 0. The molecule has 0 aliphatic heterocycles. The van der Waals surface area contributed by atoms with Gasteiger partial charge in [0.15, 0.2) is 0 Å². The van der Waals surface area contributed by atoms with Gasteiger partial charge in [-0.3, -0.25) is 4.79 Å². The zero-order chi connectivity index (χ0) is 21.5. The Bertz CT molecular complexity index is 1060. The number of unbranched alkanes of at least 4 members (excludes halogenated alkanes) is 1. The molecule has 1 N–H and O–H groups in total. The summed E-state index contributed by atoms with van der Waals surface area (Å²) in [5, 5.41) is 3.01. The molecule has 1 fully saturated rings. The average Bonchev–Trinajstić information content (AvgIpc) is 3.57. The van der Waals surface area contributed by atoms with Crippen LogP contribution in [-0.2, 0) is 9.47 Å². The SMILES string of the molecule is CCCCOC(=O)NCC#Cc1ccc2c(c1)c(=O)c(C(=O)OCC)cn2C1CC1. The van der Waals surface area contributed by atoms with Gasteiger partial charge >= 0.3 is 12.1 Å². The number of benzene rings is 1. The molecule has 30 heavy (non-hydrogen) atoms. The van der Waals surface area contributed by atoms with Crippen molar-refractivity contribution >= 4 is 23.0 Å². The maximum absolute atomic E-state index is 12.9. The van der Waals surface area contributed by atoms with Gasteiger partial charge in [0.1, 0.15) is 5.56 Å². The number of ether oxygens (including phenoxy) is 2.